The lowest BCUT2D eigenvalue weighted by Crippen LogP contribution is -2.06. The molecular formula is C10H8ClF2N3O. The van der Waals surface area contributed by atoms with Crippen LogP contribution in [0.2, 0.25) is 5.02 Å². The van der Waals surface area contributed by atoms with Crippen LogP contribution >= 0.6 is 11.6 Å². The third-order valence-corrected chi connectivity index (χ3v) is 2.19. The van der Waals surface area contributed by atoms with Gasteiger partial charge in [-0.1, -0.05) is 23.7 Å². The van der Waals surface area contributed by atoms with Gasteiger partial charge in [0.15, 0.2) is 0 Å². The van der Waals surface area contributed by atoms with Crippen LogP contribution in [0.4, 0.5) is 8.78 Å². The maximum absolute atomic E-state index is 12.1. The fraction of sp³-hybridized carbons (Fsp3) is 0.200. The van der Waals surface area contributed by atoms with Gasteiger partial charge in [-0.05, 0) is 12.1 Å². The number of ether oxygens (including phenoxy) is 1. The van der Waals surface area contributed by atoms with Crippen LogP contribution in [0.3, 0.4) is 0 Å². The molecule has 0 radical (unpaired) electrons. The lowest BCUT2D eigenvalue weighted by Gasteiger charge is -2.02. The molecule has 0 spiro atoms. The first-order valence-electron chi connectivity index (χ1n) is 4.75. The average molecular weight is 260 g/mol. The van der Waals surface area contributed by atoms with Crippen LogP contribution in [0.1, 0.15) is 0 Å². The number of para-hydroxylation sites is 1. The van der Waals surface area contributed by atoms with Crippen molar-refractivity contribution in [2.75, 3.05) is 0 Å². The molecule has 1 heterocycles. The van der Waals surface area contributed by atoms with Gasteiger partial charge in [0.2, 0.25) is 0 Å². The molecule has 17 heavy (non-hydrogen) atoms. The van der Waals surface area contributed by atoms with Crippen molar-refractivity contribution in [3.63, 3.8) is 0 Å². The highest BCUT2D eigenvalue weighted by Gasteiger charge is 2.09. The molecule has 2 aromatic rings. The van der Waals surface area contributed by atoms with E-state index in [9.17, 15) is 8.78 Å². The summed E-state index contributed by atoms with van der Waals surface area (Å²) < 4.78 is 30.4. The summed E-state index contributed by atoms with van der Waals surface area (Å²) >= 11 is 5.86. The van der Waals surface area contributed by atoms with Crippen LogP contribution in [0.15, 0.2) is 30.6 Å². The lowest BCUT2D eigenvalue weighted by molar-refractivity contribution is 0.121. The van der Waals surface area contributed by atoms with Crippen molar-refractivity contribution in [3.05, 3.63) is 35.6 Å². The number of alkyl halides is 2. The quantitative estimate of drug-likeness (QED) is 0.847. The maximum Gasteiger partial charge on any atom is 0.341 e. The standard InChI is InChI=1S/C10H8ClF2N3O/c11-7-3-1-2-4-8(7)17-10-14-6-16(15-10)5-9(12)13/h1-4,6,9H,5H2. The Bertz CT molecular complexity index is 504. The molecule has 0 atom stereocenters. The Kier molecular flexibility index (Phi) is 3.53. The first-order valence-corrected chi connectivity index (χ1v) is 5.13. The van der Waals surface area contributed by atoms with Gasteiger partial charge in [-0.15, -0.1) is 5.10 Å². The predicted octanol–water partition coefficient (Wildman–Crippen LogP) is 2.99. The highest BCUT2D eigenvalue weighted by molar-refractivity contribution is 6.32. The number of rotatable bonds is 4. The largest absolute Gasteiger partial charge is 0.422 e. The first-order chi connectivity index (χ1) is 8.15. The summed E-state index contributed by atoms with van der Waals surface area (Å²) in [4.78, 5) is 3.74. The van der Waals surface area contributed by atoms with Crippen molar-refractivity contribution in [1.29, 1.82) is 0 Å². The number of hydrogen-bond acceptors (Lipinski definition) is 3. The van der Waals surface area contributed by atoms with E-state index in [1.165, 1.54) is 6.33 Å². The molecule has 7 heteroatoms. The first kappa shape index (κ1) is 11.8. The molecule has 0 aliphatic carbocycles. The van der Waals surface area contributed by atoms with Crippen LogP contribution in [-0.2, 0) is 6.54 Å². The third-order valence-electron chi connectivity index (χ3n) is 1.88. The number of benzene rings is 1. The Morgan fingerprint density at radius 3 is 2.82 bits per heavy atom. The Hall–Kier alpha value is -1.69. The molecular weight excluding hydrogens is 252 g/mol. The van der Waals surface area contributed by atoms with Gasteiger partial charge in [0.05, 0.1) is 5.02 Å². The molecule has 4 nitrogen and oxygen atoms in total. The molecule has 1 aromatic heterocycles. The van der Waals surface area contributed by atoms with Crippen molar-refractivity contribution in [3.8, 4) is 11.8 Å². The Morgan fingerprint density at radius 2 is 2.12 bits per heavy atom. The summed E-state index contributed by atoms with van der Waals surface area (Å²) in [5.74, 6) is 0.379. The van der Waals surface area contributed by atoms with E-state index in [0.717, 1.165) is 4.68 Å². The van der Waals surface area contributed by atoms with E-state index >= 15 is 0 Å². The Balaban J connectivity index is 2.09. The molecule has 1 aromatic carbocycles. The number of halogens is 3. The highest BCUT2D eigenvalue weighted by Crippen LogP contribution is 2.26. The fourth-order valence-corrected chi connectivity index (χ4v) is 1.35. The summed E-state index contributed by atoms with van der Waals surface area (Å²) in [5.41, 5.74) is 0. The van der Waals surface area contributed by atoms with Crippen molar-refractivity contribution < 1.29 is 13.5 Å². The van der Waals surface area contributed by atoms with E-state index in [2.05, 4.69) is 10.1 Å². The fourth-order valence-electron chi connectivity index (χ4n) is 1.18. The van der Waals surface area contributed by atoms with Gasteiger partial charge in [0.25, 0.3) is 6.43 Å². The SMILES string of the molecule is FC(F)Cn1cnc(Oc2ccccc2Cl)n1. The molecule has 2 rings (SSSR count). The van der Waals surface area contributed by atoms with E-state index in [4.69, 9.17) is 16.3 Å². The predicted molar refractivity (Wildman–Crippen MR) is 57.6 cm³/mol. The van der Waals surface area contributed by atoms with Crippen LogP contribution in [0.5, 0.6) is 11.8 Å². The molecule has 0 unspecified atom stereocenters. The number of hydrogen-bond donors (Lipinski definition) is 0. The zero-order chi connectivity index (χ0) is 12.3. The van der Waals surface area contributed by atoms with Crippen LogP contribution < -0.4 is 4.74 Å². The summed E-state index contributed by atoms with van der Waals surface area (Å²) in [6.07, 6.45) is -1.30. The van der Waals surface area contributed by atoms with Gasteiger partial charge in [-0.25, -0.2) is 13.5 Å². The summed E-state index contributed by atoms with van der Waals surface area (Å²) in [5, 5.41) is 4.13. The minimum atomic E-state index is -2.48. The van der Waals surface area contributed by atoms with Gasteiger partial charge in [0.1, 0.15) is 18.6 Å². The summed E-state index contributed by atoms with van der Waals surface area (Å²) in [7, 11) is 0. The number of nitrogens with zero attached hydrogens (tertiary/aromatic N) is 3. The van der Waals surface area contributed by atoms with Crippen molar-refractivity contribution in [1.82, 2.24) is 14.8 Å². The molecule has 0 bridgehead atoms. The van der Waals surface area contributed by atoms with Crippen molar-refractivity contribution in [2.45, 2.75) is 13.0 Å². The van der Waals surface area contributed by atoms with Crippen molar-refractivity contribution >= 4 is 11.6 Å². The second kappa shape index (κ2) is 5.09. The average Bonchev–Trinajstić information content (AvgIpc) is 2.68. The molecule has 0 saturated heterocycles. The third kappa shape index (κ3) is 3.13. The number of aromatic nitrogens is 3. The molecule has 0 aliphatic rings. The minimum absolute atomic E-state index is 0.0150. The molecule has 0 amide bonds. The normalized spacial score (nSPS) is 10.8. The lowest BCUT2D eigenvalue weighted by atomic mass is 10.3. The van der Waals surface area contributed by atoms with Crippen LogP contribution in [0.25, 0.3) is 0 Å². The van der Waals surface area contributed by atoms with Gasteiger partial charge < -0.3 is 4.74 Å². The van der Waals surface area contributed by atoms with E-state index in [1.807, 2.05) is 0 Å². The molecule has 0 fully saturated rings. The zero-order valence-electron chi connectivity index (χ0n) is 8.55. The van der Waals surface area contributed by atoms with Crippen LogP contribution in [0, 0.1) is 0 Å². The maximum atomic E-state index is 12.1. The smallest absolute Gasteiger partial charge is 0.341 e. The van der Waals surface area contributed by atoms with Gasteiger partial charge in [-0.3, -0.25) is 0 Å². The summed E-state index contributed by atoms with van der Waals surface area (Å²) in [6.45, 7) is -0.515. The second-order valence-corrected chi connectivity index (χ2v) is 3.58. The van der Waals surface area contributed by atoms with Gasteiger partial charge in [0, 0.05) is 0 Å². The monoisotopic (exact) mass is 259 g/mol. The van der Waals surface area contributed by atoms with Gasteiger partial charge >= 0.3 is 6.01 Å². The van der Waals surface area contributed by atoms with Gasteiger partial charge in [-0.2, -0.15) is 4.98 Å². The Morgan fingerprint density at radius 1 is 1.35 bits per heavy atom. The van der Waals surface area contributed by atoms with E-state index in [0.29, 0.717) is 10.8 Å². The van der Waals surface area contributed by atoms with E-state index in [1.54, 1.807) is 24.3 Å². The molecule has 0 saturated carbocycles. The zero-order valence-corrected chi connectivity index (χ0v) is 9.31. The molecule has 90 valence electrons. The molecule has 0 aliphatic heterocycles. The van der Waals surface area contributed by atoms with E-state index < -0.39 is 13.0 Å². The van der Waals surface area contributed by atoms with Crippen molar-refractivity contribution in [2.24, 2.45) is 0 Å². The van der Waals surface area contributed by atoms with E-state index in [-0.39, 0.29) is 6.01 Å². The topological polar surface area (TPSA) is 39.9 Å². The van der Waals surface area contributed by atoms with Crippen LogP contribution in [-0.4, -0.2) is 21.2 Å². The molecule has 0 N–H and O–H groups in total. The summed E-state index contributed by atoms with van der Waals surface area (Å²) in [6, 6.07) is 6.75. The second-order valence-electron chi connectivity index (χ2n) is 3.17. The minimum Gasteiger partial charge on any atom is -0.422 e. The Labute approximate surface area is 101 Å². The highest BCUT2D eigenvalue weighted by atomic mass is 35.5.